The van der Waals surface area contributed by atoms with Gasteiger partial charge in [0, 0.05) is 13.2 Å². The second-order valence-electron chi connectivity index (χ2n) is 5.10. The number of nitrogens with one attached hydrogen (secondary N) is 1. The maximum absolute atomic E-state index is 5.55. The van der Waals surface area contributed by atoms with Crippen LogP contribution in [0.15, 0.2) is 0 Å². The van der Waals surface area contributed by atoms with Crippen molar-refractivity contribution in [2.24, 2.45) is 11.8 Å². The van der Waals surface area contributed by atoms with Crippen molar-refractivity contribution in [1.82, 2.24) is 5.32 Å². The number of ether oxygens (including phenoxy) is 1. The molecule has 0 unspecified atom stereocenters. The lowest BCUT2D eigenvalue weighted by Crippen LogP contribution is -2.21. The standard InChI is InChI=1S/C13H29NO/c1-12(2)7-5-9-15-10-6-8-14-11-13(3)4/h12-14H,5-11H2,1-4H3. The van der Waals surface area contributed by atoms with Crippen molar-refractivity contribution < 1.29 is 4.74 Å². The molecule has 0 atom stereocenters. The molecule has 0 saturated carbocycles. The highest BCUT2D eigenvalue weighted by molar-refractivity contribution is 4.51. The largest absolute Gasteiger partial charge is 0.381 e. The molecule has 0 aliphatic carbocycles. The number of hydrogen-bond donors (Lipinski definition) is 1. The molecule has 2 nitrogen and oxygen atoms in total. The van der Waals surface area contributed by atoms with Crippen molar-refractivity contribution in [3.05, 3.63) is 0 Å². The molecule has 1 N–H and O–H groups in total. The van der Waals surface area contributed by atoms with E-state index in [0.717, 1.165) is 44.6 Å². The molecule has 0 aliphatic heterocycles. The molecule has 0 aromatic heterocycles. The Labute approximate surface area is 95.8 Å². The first-order valence-electron chi connectivity index (χ1n) is 6.41. The Morgan fingerprint density at radius 3 is 2.20 bits per heavy atom. The molecule has 0 aliphatic rings. The van der Waals surface area contributed by atoms with Crippen molar-refractivity contribution >= 4 is 0 Å². The van der Waals surface area contributed by atoms with Gasteiger partial charge in [-0.15, -0.1) is 0 Å². The van der Waals surface area contributed by atoms with E-state index >= 15 is 0 Å². The highest BCUT2D eigenvalue weighted by Gasteiger charge is 1.95. The van der Waals surface area contributed by atoms with Crippen LogP contribution in [0.1, 0.15) is 47.0 Å². The van der Waals surface area contributed by atoms with Crippen molar-refractivity contribution in [3.63, 3.8) is 0 Å². The summed E-state index contributed by atoms with van der Waals surface area (Å²) in [5.74, 6) is 1.55. The van der Waals surface area contributed by atoms with E-state index in [-0.39, 0.29) is 0 Å². The summed E-state index contributed by atoms with van der Waals surface area (Å²) in [6, 6.07) is 0. The monoisotopic (exact) mass is 215 g/mol. The lowest BCUT2D eigenvalue weighted by molar-refractivity contribution is 0.125. The van der Waals surface area contributed by atoms with E-state index in [2.05, 4.69) is 33.0 Å². The Morgan fingerprint density at radius 2 is 1.60 bits per heavy atom. The van der Waals surface area contributed by atoms with Gasteiger partial charge in [-0.05, 0) is 44.2 Å². The van der Waals surface area contributed by atoms with Crippen LogP contribution < -0.4 is 5.32 Å². The molecular weight excluding hydrogens is 186 g/mol. The molecule has 0 rings (SSSR count). The molecule has 2 heteroatoms. The summed E-state index contributed by atoms with van der Waals surface area (Å²) < 4.78 is 5.55. The van der Waals surface area contributed by atoms with Gasteiger partial charge < -0.3 is 10.1 Å². The SMILES string of the molecule is CC(C)CCCOCCCNCC(C)C. The van der Waals surface area contributed by atoms with E-state index in [1.165, 1.54) is 12.8 Å². The maximum Gasteiger partial charge on any atom is 0.0478 e. The van der Waals surface area contributed by atoms with Crippen LogP contribution in [0, 0.1) is 11.8 Å². The van der Waals surface area contributed by atoms with Crippen LogP contribution in [-0.2, 0) is 4.74 Å². The van der Waals surface area contributed by atoms with Crippen LogP contribution in [-0.4, -0.2) is 26.3 Å². The van der Waals surface area contributed by atoms with Crippen molar-refractivity contribution in [3.8, 4) is 0 Å². The Bertz CT molecular complexity index is 110. The van der Waals surface area contributed by atoms with E-state index in [1.54, 1.807) is 0 Å². The highest BCUT2D eigenvalue weighted by atomic mass is 16.5. The van der Waals surface area contributed by atoms with Gasteiger partial charge in [0.05, 0.1) is 0 Å². The maximum atomic E-state index is 5.55. The molecule has 92 valence electrons. The summed E-state index contributed by atoms with van der Waals surface area (Å²) in [5.41, 5.74) is 0. The summed E-state index contributed by atoms with van der Waals surface area (Å²) in [4.78, 5) is 0. The molecular formula is C13H29NO. The summed E-state index contributed by atoms with van der Waals surface area (Å²) in [6.07, 6.45) is 3.62. The second-order valence-corrected chi connectivity index (χ2v) is 5.10. The Hall–Kier alpha value is -0.0800. The van der Waals surface area contributed by atoms with Gasteiger partial charge >= 0.3 is 0 Å². The van der Waals surface area contributed by atoms with E-state index in [4.69, 9.17) is 4.74 Å². The molecule has 0 fully saturated rings. The Kier molecular flexibility index (Phi) is 10.4. The minimum Gasteiger partial charge on any atom is -0.381 e. The summed E-state index contributed by atoms with van der Waals surface area (Å²) in [5, 5.41) is 3.41. The zero-order valence-corrected chi connectivity index (χ0v) is 11.0. The molecule has 15 heavy (non-hydrogen) atoms. The fourth-order valence-corrected chi connectivity index (χ4v) is 1.39. The molecule has 0 heterocycles. The van der Waals surface area contributed by atoms with E-state index in [9.17, 15) is 0 Å². The lowest BCUT2D eigenvalue weighted by Gasteiger charge is -2.08. The van der Waals surface area contributed by atoms with Gasteiger partial charge in [-0.3, -0.25) is 0 Å². The van der Waals surface area contributed by atoms with Gasteiger partial charge in [0.15, 0.2) is 0 Å². The molecule has 0 aromatic rings. The smallest absolute Gasteiger partial charge is 0.0478 e. The molecule has 0 spiro atoms. The summed E-state index contributed by atoms with van der Waals surface area (Å²) in [7, 11) is 0. The van der Waals surface area contributed by atoms with E-state index in [0.29, 0.717) is 0 Å². The first kappa shape index (κ1) is 14.9. The first-order chi connectivity index (χ1) is 7.13. The molecule has 0 bridgehead atoms. The zero-order chi connectivity index (χ0) is 11.5. The third-order valence-corrected chi connectivity index (χ3v) is 2.26. The van der Waals surface area contributed by atoms with Gasteiger partial charge in [0.1, 0.15) is 0 Å². The minimum atomic E-state index is 0.747. The van der Waals surface area contributed by atoms with Gasteiger partial charge in [-0.1, -0.05) is 27.7 Å². The van der Waals surface area contributed by atoms with Crippen LogP contribution in [0.5, 0.6) is 0 Å². The van der Waals surface area contributed by atoms with E-state index < -0.39 is 0 Å². The third kappa shape index (κ3) is 13.9. The topological polar surface area (TPSA) is 21.3 Å². The predicted molar refractivity (Wildman–Crippen MR) is 67.2 cm³/mol. The molecule has 0 saturated heterocycles. The molecule has 0 radical (unpaired) electrons. The minimum absolute atomic E-state index is 0.747. The summed E-state index contributed by atoms with van der Waals surface area (Å²) >= 11 is 0. The van der Waals surface area contributed by atoms with Crippen LogP contribution >= 0.6 is 0 Å². The average Bonchev–Trinajstić information content (AvgIpc) is 2.14. The van der Waals surface area contributed by atoms with Gasteiger partial charge in [0.25, 0.3) is 0 Å². The number of rotatable bonds is 10. The van der Waals surface area contributed by atoms with Gasteiger partial charge in [-0.2, -0.15) is 0 Å². The molecule has 0 amide bonds. The Morgan fingerprint density at radius 1 is 0.933 bits per heavy atom. The van der Waals surface area contributed by atoms with Crippen molar-refractivity contribution in [2.45, 2.75) is 47.0 Å². The predicted octanol–water partition coefficient (Wildman–Crippen LogP) is 3.07. The highest BCUT2D eigenvalue weighted by Crippen LogP contribution is 2.03. The normalized spacial score (nSPS) is 11.6. The number of hydrogen-bond acceptors (Lipinski definition) is 2. The van der Waals surface area contributed by atoms with Crippen molar-refractivity contribution in [1.29, 1.82) is 0 Å². The average molecular weight is 215 g/mol. The van der Waals surface area contributed by atoms with Crippen LogP contribution in [0.25, 0.3) is 0 Å². The third-order valence-electron chi connectivity index (χ3n) is 2.26. The summed E-state index contributed by atoms with van der Waals surface area (Å²) in [6.45, 7) is 13.0. The fourth-order valence-electron chi connectivity index (χ4n) is 1.39. The lowest BCUT2D eigenvalue weighted by atomic mass is 10.1. The Balaban J connectivity index is 2.93. The first-order valence-corrected chi connectivity index (χ1v) is 6.41. The van der Waals surface area contributed by atoms with E-state index in [1.807, 2.05) is 0 Å². The quantitative estimate of drug-likeness (QED) is 0.565. The van der Waals surface area contributed by atoms with Gasteiger partial charge in [-0.25, -0.2) is 0 Å². The van der Waals surface area contributed by atoms with Crippen LogP contribution in [0.4, 0.5) is 0 Å². The zero-order valence-electron chi connectivity index (χ0n) is 11.0. The van der Waals surface area contributed by atoms with Gasteiger partial charge in [0.2, 0.25) is 0 Å². The van der Waals surface area contributed by atoms with Crippen LogP contribution in [0.2, 0.25) is 0 Å². The molecule has 0 aromatic carbocycles. The van der Waals surface area contributed by atoms with Crippen molar-refractivity contribution in [2.75, 3.05) is 26.3 Å². The van der Waals surface area contributed by atoms with Crippen LogP contribution in [0.3, 0.4) is 0 Å². The second kappa shape index (κ2) is 10.4. The fraction of sp³-hybridized carbons (Fsp3) is 1.00.